The van der Waals surface area contributed by atoms with E-state index in [2.05, 4.69) is 13.8 Å². The zero-order valence-electron chi connectivity index (χ0n) is 8.50. The smallest absolute Gasteiger partial charge is 0.233 e. The number of nitrogens with zero attached hydrogens (tertiary/aromatic N) is 1. The van der Waals surface area contributed by atoms with E-state index in [0.717, 1.165) is 18.1 Å². The van der Waals surface area contributed by atoms with Crippen LogP contribution in [0.1, 0.15) is 13.8 Å². The highest BCUT2D eigenvalue weighted by Crippen LogP contribution is 2.26. The van der Waals surface area contributed by atoms with Gasteiger partial charge >= 0.3 is 0 Å². The maximum absolute atomic E-state index is 11.7. The molecule has 0 atom stereocenters. The van der Waals surface area contributed by atoms with Crippen LogP contribution in [0.4, 0.5) is 0 Å². The minimum Gasteiger partial charge on any atom is -0.335 e. The van der Waals surface area contributed by atoms with E-state index in [-0.39, 0.29) is 11.4 Å². The van der Waals surface area contributed by atoms with Crippen molar-refractivity contribution in [2.24, 2.45) is 0 Å². The van der Waals surface area contributed by atoms with E-state index in [4.69, 9.17) is 0 Å². The average Bonchev–Trinajstić information content (AvgIpc) is 2.03. The van der Waals surface area contributed by atoms with Crippen molar-refractivity contribution in [3.63, 3.8) is 0 Å². The van der Waals surface area contributed by atoms with Gasteiger partial charge in [-0.2, -0.15) is 23.5 Å². The van der Waals surface area contributed by atoms with Crippen LogP contribution in [0.2, 0.25) is 0 Å². The molecule has 1 heterocycles. The molecule has 0 aromatic carbocycles. The van der Waals surface area contributed by atoms with Gasteiger partial charge in [-0.3, -0.25) is 4.79 Å². The van der Waals surface area contributed by atoms with E-state index in [1.54, 1.807) is 11.8 Å². The van der Waals surface area contributed by atoms with Crippen molar-refractivity contribution in [3.05, 3.63) is 0 Å². The maximum atomic E-state index is 11.7. The molecule has 1 amide bonds. The molecule has 0 spiro atoms. The normalized spacial score (nSPS) is 21.6. The second-order valence-electron chi connectivity index (χ2n) is 3.84. The van der Waals surface area contributed by atoms with Crippen molar-refractivity contribution in [2.75, 3.05) is 30.1 Å². The van der Waals surface area contributed by atoms with Crippen LogP contribution >= 0.6 is 23.5 Å². The molecule has 0 aromatic rings. The van der Waals surface area contributed by atoms with Crippen LogP contribution in [0, 0.1) is 0 Å². The number of hydrogen-bond acceptors (Lipinski definition) is 3. The summed E-state index contributed by atoms with van der Waals surface area (Å²) in [5.74, 6) is 3.06. The molecule has 0 N–H and O–H groups in total. The SMILES string of the molecule is CSCC(=O)N1CCSCC1(C)C. The molecule has 1 fully saturated rings. The van der Waals surface area contributed by atoms with Gasteiger partial charge in [0.2, 0.25) is 5.91 Å². The summed E-state index contributed by atoms with van der Waals surface area (Å²) in [6.45, 7) is 5.21. The van der Waals surface area contributed by atoms with Crippen molar-refractivity contribution in [2.45, 2.75) is 19.4 Å². The van der Waals surface area contributed by atoms with E-state index in [9.17, 15) is 4.79 Å². The Morgan fingerprint density at radius 1 is 1.62 bits per heavy atom. The Morgan fingerprint density at radius 2 is 2.31 bits per heavy atom. The molecule has 0 aromatic heterocycles. The summed E-state index contributed by atoms with van der Waals surface area (Å²) >= 11 is 3.55. The molecule has 4 heteroatoms. The zero-order chi connectivity index (χ0) is 9.90. The van der Waals surface area contributed by atoms with Crippen LogP contribution < -0.4 is 0 Å². The Hall–Kier alpha value is 0.170. The predicted octanol–water partition coefficient (Wildman–Crippen LogP) is 1.70. The van der Waals surface area contributed by atoms with Crippen LogP contribution in [-0.2, 0) is 4.79 Å². The van der Waals surface area contributed by atoms with E-state index in [1.807, 2.05) is 22.9 Å². The summed E-state index contributed by atoms with van der Waals surface area (Å²) in [6, 6.07) is 0. The van der Waals surface area contributed by atoms with Crippen molar-refractivity contribution in [3.8, 4) is 0 Å². The fraction of sp³-hybridized carbons (Fsp3) is 0.889. The number of thioether (sulfide) groups is 2. The molecule has 76 valence electrons. The van der Waals surface area contributed by atoms with Gasteiger partial charge in [0.1, 0.15) is 0 Å². The monoisotopic (exact) mass is 219 g/mol. The lowest BCUT2D eigenvalue weighted by atomic mass is 10.1. The number of amides is 1. The average molecular weight is 219 g/mol. The first-order valence-corrected chi connectivity index (χ1v) is 7.00. The van der Waals surface area contributed by atoms with Gasteiger partial charge in [0.05, 0.1) is 5.75 Å². The molecule has 2 nitrogen and oxygen atoms in total. The van der Waals surface area contributed by atoms with Gasteiger partial charge in [-0.15, -0.1) is 0 Å². The van der Waals surface area contributed by atoms with Crippen LogP contribution in [-0.4, -0.2) is 46.4 Å². The van der Waals surface area contributed by atoms with Gasteiger partial charge in [0.15, 0.2) is 0 Å². The Balaban J connectivity index is 2.59. The van der Waals surface area contributed by atoms with Gasteiger partial charge in [-0.25, -0.2) is 0 Å². The Bertz CT molecular complexity index is 194. The number of rotatable bonds is 2. The van der Waals surface area contributed by atoms with Gasteiger partial charge < -0.3 is 4.90 Å². The third-order valence-electron chi connectivity index (χ3n) is 2.21. The first-order chi connectivity index (χ1) is 6.08. The van der Waals surface area contributed by atoms with Crippen molar-refractivity contribution in [1.82, 2.24) is 4.90 Å². The summed E-state index contributed by atoms with van der Waals surface area (Å²) in [4.78, 5) is 13.7. The van der Waals surface area contributed by atoms with Crippen molar-refractivity contribution >= 4 is 29.4 Å². The van der Waals surface area contributed by atoms with Crippen LogP contribution in [0.15, 0.2) is 0 Å². The first kappa shape index (κ1) is 11.2. The quantitative estimate of drug-likeness (QED) is 0.705. The lowest BCUT2D eigenvalue weighted by molar-refractivity contribution is -0.132. The molecule has 13 heavy (non-hydrogen) atoms. The molecule has 1 aliphatic rings. The van der Waals surface area contributed by atoms with Crippen LogP contribution in [0.3, 0.4) is 0 Å². The molecule has 0 radical (unpaired) electrons. The number of carbonyl (C=O) groups excluding carboxylic acids is 1. The molecule has 0 unspecified atom stereocenters. The summed E-state index contributed by atoms with van der Waals surface area (Å²) in [7, 11) is 0. The minimum atomic E-state index is 0.0513. The molecular weight excluding hydrogens is 202 g/mol. The second kappa shape index (κ2) is 4.60. The Labute approximate surface area is 88.8 Å². The summed E-state index contributed by atoms with van der Waals surface area (Å²) in [5, 5.41) is 0. The van der Waals surface area contributed by atoms with Gasteiger partial charge in [-0.05, 0) is 20.1 Å². The molecular formula is C9H17NOS2. The zero-order valence-corrected chi connectivity index (χ0v) is 10.1. The number of hydrogen-bond donors (Lipinski definition) is 0. The Kier molecular flexibility index (Phi) is 3.98. The lowest BCUT2D eigenvalue weighted by Gasteiger charge is -2.42. The standard InChI is InChI=1S/C9H17NOS2/c1-9(2)7-13-5-4-10(9)8(11)6-12-3/h4-7H2,1-3H3. The molecule has 0 bridgehead atoms. The van der Waals surface area contributed by atoms with Crippen LogP contribution in [0.25, 0.3) is 0 Å². The lowest BCUT2D eigenvalue weighted by Crippen LogP contribution is -2.53. The van der Waals surface area contributed by atoms with Crippen LogP contribution in [0.5, 0.6) is 0 Å². The summed E-state index contributed by atoms with van der Waals surface area (Å²) in [6.07, 6.45) is 1.98. The molecule has 0 aliphatic carbocycles. The third kappa shape index (κ3) is 2.81. The van der Waals surface area contributed by atoms with Crippen molar-refractivity contribution < 1.29 is 4.79 Å². The van der Waals surface area contributed by atoms with Gasteiger partial charge in [-0.1, -0.05) is 0 Å². The molecule has 0 saturated carbocycles. The highest BCUT2D eigenvalue weighted by atomic mass is 32.2. The Morgan fingerprint density at radius 3 is 2.85 bits per heavy atom. The molecule has 1 rings (SSSR count). The second-order valence-corrected chi connectivity index (χ2v) is 5.81. The first-order valence-electron chi connectivity index (χ1n) is 4.45. The summed E-state index contributed by atoms with van der Waals surface area (Å²) in [5.41, 5.74) is 0.0513. The predicted molar refractivity (Wildman–Crippen MR) is 61.5 cm³/mol. The topological polar surface area (TPSA) is 20.3 Å². The molecule has 1 saturated heterocycles. The number of carbonyl (C=O) groups is 1. The van der Waals surface area contributed by atoms with Gasteiger partial charge in [0, 0.05) is 23.6 Å². The fourth-order valence-corrected chi connectivity index (χ4v) is 3.04. The largest absolute Gasteiger partial charge is 0.335 e. The van der Waals surface area contributed by atoms with E-state index in [0.29, 0.717) is 5.75 Å². The fourth-order valence-electron chi connectivity index (χ4n) is 1.52. The maximum Gasteiger partial charge on any atom is 0.233 e. The van der Waals surface area contributed by atoms with E-state index in [1.165, 1.54) is 0 Å². The highest BCUT2D eigenvalue weighted by molar-refractivity contribution is 7.99. The van der Waals surface area contributed by atoms with E-state index < -0.39 is 0 Å². The molecule has 1 aliphatic heterocycles. The highest BCUT2D eigenvalue weighted by Gasteiger charge is 2.32. The van der Waals surface area contributed by atoms with Gasteiger partial charge in [0.25, 0.3) is 0 Å². The third-order valence-corrected chi connectivity index (χ3v) is 4.13. The summed E-state index contributed by atoms with van der Waals surface area (Å²) < 4.78 is 0. The van der Waals surface area contributed by atoms with E-state index >= 15 is 0 Å². The van der Waals surface area contributed by atoms with Crippen molar-refractivity contribution in [1.29, 1.82) is 0 Å². The minimum absolute atomic E-state index is 0.0513.